The Kier molecular flexibility index (Phi) is 6.36. The van der Waals surface area contributed by atoms with E-state index in [1.54, 1.807) is 29.2 Å². The number of carbonyl (C=O) groups is 1. The zero-order valence-corrected chi connectivity index (χ0v) is 19.8. The summed E-state index contributed by atoms with van der Waals surface area (Å²) in [5, 5.41) is 3.11. The molecule has 34 heavy (non-hydrogen) atoms. The summed E-state index contributed by atoms with van der Waals surface area (Å²) in [5.74, 6) is 0.626. The number of hydrogen-bond donors (Lipinski definition) is 0. The fourth-order valence-corrected chi connectivity index (χ4v) is 5.23. The maximum atomic E-state index is 13.5. The summed E-state index contributed by atoms with van der Waals surface area (Å²) in [4.78, 5) is 37.8. The minimum atomic E-state index is -0.190. The lowest BCUT2D eigenvalue weighted by atomic mass is 10.1. The predicted molar refractivity (Wildman–Crippen MR) is 138 cm³/mol. The molecule has 4 aromatic rings. The summed E-state index contributed by atoms with van der Waals surface area (Å²) in [5.41, 5.74) is 2.87. The van der Waals surface area contributed by atoms with Gasteiger partial charge in [0.2, 0.25) is 0 Å². The third-order valence-electron chi connectivity index (χ3n) is 6.16. The number of nitrogens with zero attached hydrogens (tertiary/aromatic N) is 4. The lowest BCUT2D eigenvalue weighted by Gasteiger charge is -2.19. The van der Waals surface area contributed by atoms with Gasteiger partial charge >= 0.3 is 0 Å². The number of fused-ring (bicyclic) bond motifs is 2. The van der Waals surface area contributed by atoms with E-state index < -0.39 is 0 Å². The second-order valence-electron chi connectivity index (χ2n) is 8.47. The first-order valence-electron chi connectivity index (χ1n) is 11.6. The third kappa shape index (κ3) is 4.31. The largest absolute Gasteiger partial charge is 0.296 e. The van der Waals surface area contributed by atoms with Crippen LogP contribution in [0.3, 0.4) is 0 Å². The van der Waals surface area contributed by atoms with Crippen LogP contribution in [0.2, 0.25) is 0 Å². The van der Waals surface area contributed by atoms with E-state index in [1.807, 2.05) is 40.3 Å². The summed E-state index contributed by atoms with van der Waals surface area (Å²) < 4.78 is 1.81. The number of benzene rings is 2. The van der Waals surface area contributed by atoms with Crippen molar-refractivity contribution in [2.24, 2.45) is 0 Å². The molecule has 0 bridgehead atoms. The van der Waals surface area contributed by atoms with Gasteiger partial charge in [0.1, 0.15) is 5.82 Å². The van der Waals surface area contributed by atoms with Crippen molar-refractivity contribution in [2.75, 3.05) is 11.4 Å². The van der Waals surface area contributed by atoms with Gasteiger partial charge in [-0.05, 0) is 31.0 Å². The highest BCUT2D eigenvalue weighted by Gasteiger charge is 2.22. The van der Waals surface area contributed by atoms with Crippen LogP contribution in [0.25, 0.3) is 22.2 Å². The molecule has 2 aromatic heterocycles. The van der Waals surface area contributed by atoms with Gasteiger partial charge in [0.15, 0.2) is 5.13 Å². The molecule has 3 heterocycles. The highest BCUT2D eigenvalue weighted by Crippen LogP contribution is 2.29. The van der Waals surface area contributed by atoms with Crippen molar-refractivity contribution in [1.82, 2.24) is 14.5 Å². The molecule has 2 aromatic carbocycles. The third-order valence-corrected chi connectivity index (χ3v) is 7.03. The molecule has 6 nitrogen and oxygen atoms in total. The standard InChI is InChI=1S/C27H26N4O2S/c1-2-15-31(27-29-23(18-34-27)19-10-6-5-7-11-19)25(32)20-13-14-21-22(17-20)28-24-12-8-3-4-9-16-30(24)26(21)33/h2,5-7,10-11,13-14,17-18H,1,3-4,8-9,12,15-16H2. The summed E-state index contributed by atoms with van der Waals surface area (Å²) in [7, 11) is 0. The molecule has 0 N–H and O–H groups in total. The minimum absolute atomic E-state index is 0.0173. The van der Waals surface area contributed by atoms with Crippen LogP contribution in [0.1, 0.15) is 41.9 Å². The van der Waals surface area contributed by atoms with Crippen molar-refractivity contribution in [3.05, 3.63) is 88.3 Å². The zero-order chi connectivity index (χ0) is 23.5. The summed E-state index contributed by atoms with van der Waals surface area (Å²) in [6.07, 6.45) is 6.79. The van der Waals surface area contributed by atoms with E-state index in [0.717, 1.165) is 49.2 Å². The molecule has 0 atom stereocenters. The monoisotopic (exact) mass is 470 g/mol. The fourth-order valence-electron chi connectivity index (χ4n) is 4.39. The van der Waals surface area contributed by atoms with Crippen molar-refractivity contribution in [1.29, 1.82) is 0 Å². The molecular formula is C27H26N4O2S. The molecule has 1 amide bonds. The number of rotatable bonds is 5. The van der Waals surface area contributed by atoms with Crippen LogP contribution in [-0.2, 0) is 13.0 Å². The van der Waals surface area contributed by atoms with Crippen molar-refractivity contribution in [3.63, 3.8) is 0 Å². The number of carbonyl (C=O) groups excluding carboxylic acids is 1. The van der Waals surface area contributed by atoms with E-state index in [9.17, 15) is 9.59 Å². The van der Waals surface area contributed by atoms with Gasteiger partial charge in [-0.3, -0.25) is 19.1 Å². The lowest BCUT2D eigenvalue weighted by Crippen LogP contribution is -2.31. The Labute approximate surface area is 202 Å². The number of thiazole rings is 1. The topological polar surface area (TPSA) is 68.1 Å². The molecule has 0 unspecified atom stereocenters. The second kappa shape index (κ2) is 9.73. The lowest BCUT2D eigenvalue weighted by molar-refractivity contribution is 0.0990. The first-order valence-corrected chi connectivity index (χ1v) is 12.5. The molecule has 0 saturated carbocycles. The van der Waals surface area contributed by atoms with Crippen molar-refractivity contribution < 1.29 is 4.79 Å². The average molecular weight is 471 g/mol. The molecule has 1 aliphatic rings. The van der Waals surface area contributed by atoms with Crippen LogP contribution in [0.15, 0.2) is 71.4 Å². The van der Waals surface area contributed by atoms with E-state index in [4.69, 9.17) is 9.97 Å². The number of amides is 1. The van der Waals surface area contributed by atoms with Gasteiger partial charge in [0.05, 0.1) is 16.6 Å². The number of aryl methyl sites for hydroxylation is 1. The Hall–Kier alpha value is -3.58. The molecule has 172 valence electrons. The Morgan fingerprint density at radius 1 is 1.09 bits per heavy atom. The van der Waals surface area contributed by atoms with Gasteiger partial charge in [-0.1, -0.05) is 49.2 Å². The molecule has 0 aliphatic carbocycles. The number of hydrogen-bond acceptors (Lipinski definition) is 5. The summed E-state index contributed by atoms with van der Waals surface area (Å²) in [6.45, 7) is 4.86. The molecule has 0 spiro atoms. The predicted octanol–water partition coefficient (Wildman–Crippen LogP) is 5.47. The zero-order valence-electron chi connectivity index (χ0n) is 18.9. The maximum absolute atomic E-state index is 13.5. The van der Waals surface area contributed by atoms with Crippen LogP contribution in [-0.4, -0.2) is 27.0 Å². The fraction of sp³-hybridized carbons (Fsp3) is 0.259. The highest BCUT2D eigenvalue weighted by molar-refractivity contribution is 7.14. The Bertz CT molecular complexity index is 1410. The van der Waals surface area contributed by atoms with Crippen molar-refractivity contribution in [2.45, 2.75) is 38.6 Å². The normalized spacial score (nSPS) is 13.6. The maximum Gasteiger partial charge on any atom is 0.261 e. The Balaban J connectivity index is 1.50. The minimum Gasteiger partial charge on any atom is -0.296 e. The van der Waals surface area contributed by atoms with Crippen LogP contribution < -0.4 is 10.5 Å². The molecular weight excluding hydrogens is 444 g/mol. The van der Waals surface area contributed by atoms with Gasteiger partial charge in [-0.2, -0.15) is 0 Å². The quantitative estimate of drug-likeness (QED) is 0.363. The van der Waals surface area contributed by atoms with E-state index in [-0.39, 0.29) is 11.5 Å². The van der Waals surface area contributed by atoms with Gasteiger partial charge in [-0.15, -0.1) is 17.9 Å². The molecule has 1 aliphatic heterocycles. The Morgan fingerprint density at radius 3 is 2.74 bits per heavy atom. The molecule has 5 rings (SSSR count). The first kappa shape index (κ1) is 22.2. The van der Waals surface area contributed by atoms with Crippen molar-refractivity contribution in [3.8, 4) is 11.3 Å². The van der Waals surface area contributed by atoms with Gasteiger partial charge < -0.3 is 0 Å². The highest BCUT2D eigenvalue weighted by atomic mass is 32.1. The molecule has 0 saturated heterocycles. The average Bonchev–Trinajstić information content (AvgIpc) is 3.34. The van der Waals surface area contributed by atoms with Crippen LogP contribution in [0, 0.1) is 0 Å². The van der Waals surface area contributed by atoms with Crippen molar-refractivity contribution >= 4 is 33.3 Å². The number of anilines is 1. The molecule has 7 heteroatoms. The van der Waals surface area contributed by atoms with Gasteiger partial charge in [-0.25, -0.2) is 9.97 Å². The van der Waals surface area contributed by atoms with E-state index in [2.05, 4.69) is 6.58 Å². The smallest absolute Gasteiger partial charge is 0.261 e. The number of aromatic nitrogens is 3. The van der Waals surface area contributed by atoms with E-state index >= 15 is 0 Å². The molecule has 0 fully saturated rings. The van der Waals surface area contributed by atoms with Gasteiger partial charge in [0, 0.05) is 36.0 Å². The summed E-state index contributed by atoms with van der Waals surface area (Å²) >= 11 is 1.42. The SMILES string of the molecule is C=CCN(C(=O)c1ccc2c(=O)n3c(nc2c1)CCCCCC3)c1nc(-c2ccccc2)cs1. The Morgan fingerprint density at radius 2 is 1.91 bits per heavy atom. The van der Waals surface area contributed by atoms with E-state index in [1.165, 1.54) is 11.3 Å². The summed E-state index contributed by atoms with van der Waals surface area (Å²) in [6, 6.07) is 15.1. The van der Waals surface area contributed by atoms with Crippen LogP contribution >= 0.6 is 11.3 Å². The second-order valence-corrected chi connectivity index (χ2v) is 9.30. The van der Waals surface area contributed by atoms with Crippen LogP contribution in [0.4, 0.5) is 5.13 Å². The first-order chi connectivity index (χ1) is 16.7. The van der Waals surface area contributed by atoms with E-state index in [0.29, 0.717) is 34.7 Å². The van der Waals surface area contributed by atoms with Crippen LogP contribution in [0.5, 0.6) is 0 Å². The molecule has 0 radical (unpaired) electrons. The van der Waals surface area contributed by atoms with Gasteiger partial charge in [0.25, 0.3) is 11.5 Å².